The molecule has 2 aromatic rings. The first kappa shape index (κ1) is 17.1. The van der Waals surface area contributed by atoms with E-state index in [0.717, 1.165) is 37.5 Å². The summed E-state index contributed by atoms with van der Waals surface area (Å²) in [6.07, 6.45) is 4.68. The van der Waals surface area contributed by atoms with Gasteiger partial charge in [0.1, 0.15) is 11.9 Å². The number of nitrogens with zero attached hydrogens (tertiary/aromatic N) is 3. The number of carbonyl (C=O) groups excluding carboxylic acids is 1. The fraction of sp³-hybridized carbons (Fsp3) is 0.438. The van der Waals surface area contributed by atoms with Crippen molar-refractivity contribution in [3.05, 3.63) is 39.6 Å². The van der Waals surface area contributed by atoms with Crippen LogP contribution in [0, 0.1) is 0 Å². The lowest BCUT2D eigenvalue weighted by molar-refractivity contribution is -0.119. The van der Waals surface area contributed by atoms with Crippen molar-refractivity contribution in [2.75, 3.05) is 13.1 Å². The highest BCUT2D eigenvalue weighted by molar-refractivity contribution is 7.15. The van der Waals surface area contributed by atoms with Crippen molar-refractivity contribution in [3.8, 4) is 5.75 Å². The maximum Gasteiger partial charge on any atom is 0.217 e. The second-order valence-electron chi connectivity index (χ2n) is 5.74. The Bertz CT molecular complexity index is 709. The number of amides is 1. The minimum atomic E-state index is -0.0715. The maximum absolute atomic E-state index is 11.0. The zero-order valence-electron chi connectivity index (χ0n) is 13.4. The average molecular weight is 367 g/mol. The monoisotopic (exact) mass is 366 g/mol. The first-order valence-corrected chi connectivity index (χ1v) is 8.96. The zero-order chi connectivity index (χ0) is 16.9. The summed E-state index contributed by atoms with van der Waals surface area (Å²) in [6, 6.07) is 3.73. The molecular formula is C16H19ClN4O2S. The topological polar surface area (TPSA) is 67.3 Å². The summed E-state index contributed by atoms with van der Waals surface area (Å²) in [5.74, 6) is 0.718. The molecule has 1 aliphatic heterocycles. The van der Waals surface area contributed by atoms with Gasteiger partial charge in [0.25, 0.3) is 0 Å². The minimum Gasteiger partial charge on any atom is -0.489 e. The molecule has 1 aliphatic rings. The smallest absolute Gasteiger partial charge is 0.217 e. The number of aromatic nitrogens is 2. The summed E-state index contributed by atoms with van der Waals surface area (Å²) >= 11 is 7.39. The molecule has 1 N–H and O–H groups in total. The van der Waals surface area contributed by atoms with Gasteiger partial charge in [0.05, 0.1) is 12.2 Å². The van der Waals surface area contributed by atoms with Crippen LogP contribution in [0.3, 0.4) is 0 Å². The second kappa shape index (κ2) is 7.92. The molecule has 2 aromatic heterocycles. The van der Waals surface area contributed by atoms with Crippen molar-refractivity contribution >= 4 is 28.8 Å². The van der Waals surface area contributed by atoms with Gasteiger partial charge in [-0.3, -0.25) is 14.7 Å². The van der Waals surface area contributed by atoms with Gasteiger partial charge < -0.3 is 10.1 Å². The Morgan fingerprint density at radius 1 is 1.54 bits per heavy atom. The van der Waals surface area contributed by atoms with E-state index in [0.29, 0.717) is 11.0 Å². The Balaban J connectivity index is 1.51. The SMILES string of the molecule is CC(=O)NCc1cc(OC2CCN(Cc3cnc(Cl)s3)C2)ccn1. The summed E-state index contributed by atoms with van der Waals surface area (Å²) in [7, 11) is 0. The van der Waals surface area contributed by atoms with E-state index in [1.165, 1.54) is 23.1 Å². The van der Waals surface area contributed by atoms with E-state index in [1.54, 1.807) is 6.20 Å². The molecule has 24 heavy (non-hydrogen) atoms. The lowest BCUT2D eigenvalue weighted by Crippen LogP contribution is -2.24. The molecule has 1 atom stereocenters. The lowest BCUT2D eigenvalue weighted by Gasteiger charge is -2.16. The molecule has 1 saturated heterocycles. The fourth-order valence-corrected chi connectivity index (χ4v) is 3.67. The summed E-state index contributed by atoms with van der Waals surface area (Å²) < 4.78 is 6.65. The van der Waals surface area contributed by atoms with Crippen molar-refractivity contribution in [1.82, 2.24) is 20.2 Å². The lowest BCUT2D eigenvalue weighted by atomic mass is 10.3. The number of carbonyl (C=O) groups is 1. The van der Waals surface area contributed by atoms with Crippen LogP contribution < -0.4 is 10.1 Å². The van der Waals surface area contributed by atoms with Crippen LogP contribution in [0.1, 0.15) is 23.9 Å². The van der Waals surface area contributed by atoms with Crippen LogP contribution in [0.25, 0.3) is 0 Å². The van der Waals surface area contributed by atoms with Crippen molar-refractivity contribution in [2.45, 2.75) is 32.5 Å². The molecule has 128 valence electrons. The molecule has 0 saturated carbocycles. The number of hydrogen-bond donors (Lipinski definition) is 1. The van der Waals surface area contributed by atoms with Crippen molar-refractivity contribution < 1.29 is 9.53 Å². The van der Waals surface area contributed by atoms with E-state index < -0.39 is 0 Å². The van der Waals surface area contributed by atoms with Gasteiger partial charge in [-0.15, -0.1) is 11.3 Å². The predicted octanol–water partition coefficient (Wildman–Crippen LogP) is 2.48. The van der Waals surface area contributed by atoms with Crippen LogP contribution in [0.2, 0.25) is 4.47 Å². The number of pyridine rings is 1. The molecule has 1 amide bonds. The highest BCUT2D eigenvalue weighted by Gasteiger charge is 2.24. The minimum absolute atomic E-state index is 0.0715. The highest BCUT2D eigenvalue weighted by atomic mass is 35.5. The summed E-state index contributed by atoms with van der Waals surface area (Å²) in [5.41, 5.74) is 0.789. The van der Waals surface area contributed by atoms with Gasteiger partial charge >= 0.3 is 0 Å². The molecule has 0 radical (unpaired) electrons. The first-order valence-electron chi connectivity index (χ1n) is 7.77. The summed E-state index contributed by atoms with van der Waals surface area (Å²) in [6.45, 7) is 4.62. The van der Waals surface area contributed by atoms with Gasteiger partial charge in [-0.1, -0.05) is 11.6 Å². The van der Waals surface area contributed by atoms with E-state index in [-0.39, 0.29) is 12.0 Å². The van der Waals surface area contributed by atoms with Gasteiger partial charge in [-0.25, -0.2) is 4.98 Å². The molecule has 6 nitrogen and oxygen atoms in total. The Labute approximate surface area is 149 Å². The van der Waals surface area contributed by atoms with Crippen LogP contribution in [-0.2, 0) is 17.9 Å². The predicted molar refractivity (Wildman–Crippen MR) is 93.2 cm³/mol. The van der Waals surface area contributed by atoms with Crippen molar-refractivity contribution in [1.29, 1.82) is 0 Å². The number of nitrogens with one attached hydrogen (secondary N) is 1. The molecule has 0 bridgehead atoms. The van der Waals surface area contributed by atoms with Crippen LogP contribution in [0.5, 0.6) is 5.75 Å². The van der Waals surface area contributed by atoms with Gasteiger partial charge in [0.2, 0.25) is 5.91 Å². The van der Waals surface area contributed by atoms with E-state index in [9.17, 15) is 4.79 Å². The Kier molecular flexibility index (Phi) is 5.65. The normalized spacial score (nSPS) is 17.8. The largest absolute Gasteiger partial charge is 0.489 e. The number of rotatable bonds is 6. The average Bonchev–Trinajstić information content (AvgIpc) is 3.15. The number of halogens is 1. The van der Waals surface area contributed by atoms with Crippen molar-refractivity contribution in [3.63, 3.8) is 0 Å². The third-order valence-electron chi connectivity index (χ3n) is 3.74. The van der Waals surface area contributed by atoms with Gasteiger partial charge in [0, 0.05) is 49.9 Å². The molecule has 0 aliphatic carbocycles. The Hall–Kier alpha value is -1.70. The molecule has 0 spiro atoms. The van der Waals surface area contributed by atoms with Crippen molar-refractivity contribution in [2.24, 2.45) is 0 Å². The fourth-order valence-electron chi connectivity index (χ4n) is 2.65. The second-order valence-corrected chi connectivity index (χ2v) is 7.43. The zero-order valence-corrected chi connectivity index (χ0v) is 14.9. The molecule has 1 fully saturated rings. The Morgan fingerprint density at radius 2 is 2.42 bits per heavy atom. The molecule has 0 aromatic carbocycles. The van der Waals surface area contributed by atoms with Crippen LogP contribution >= 0.6 is 22.9 Å². The van der Waals surface area contributed by atoms with Gasteiger partial charge in [0.15, 0.2) is 4.47 Å². The molecule has 8 heteroatoms. The first-order chi connectivity index (χ1) is 11.6. The van der Waals surface area contributed by atoms with E-state index in [2.05, 4.69) is 20.2 Å². The molecular weight excluding hydrogens is 348 g/mol. The molecule has 3 heterocycles. The van der Waals surface area contributed by atoms with Crippen LogP contribution in [0.15, 0.2) is 24.5 Å². The standard InChI is InChI=1S/C16H19ClN4O2S/c1-11(22)19-7-12-6-13(2-4-18-12)23-14-3-5-21(9-14)10-15-8-20-16(17)24-15/h2,4,6,8,14H,3,5,7,9-10H2,1H3,(H,19,22). The van der Waals surface area contributed by atoms with Crippen LogP contribution in [-0.4, -0.2) is 40.0 Å². The number of thiazole rings is 1. The third-order valence-corrected chi connectivity index (χ3v) is 4.84. The van der Waals surface area contributed by atoms with E-state index in [4.69, 9.17) is 16.3 Å². The van der Waals surface area contributed by atoms with E-state index >= 15 is 0 Å². The molecule has 1 unspecified atom stereocenters. The van der Waals surface area contributed by atoms with Gasteiger partial charge in [-0.05, 0) is 12.5 Å². The number of likely N-dealkylation sites (tertiary alicyclic amines) is 1. The summed E-state index contributed by atoms with van der Waals surface area (Å²) in [5, 5.41) is 2.74. The highest BCUT2D eigenvalue weighted by Crippen LogP contribution is 2.23. The maximum atomic E-state index is 11.0. The number of ether oxygens (including phenoxy) is 1. The van der Waals surface area contributed by atoms with Crippen LogP contribution in [0.4, 0.5) is 0 Å². The molecule has 3 rings (SSSR count). The van der Waals surface area contributed by atoms with Gasteiger partial charge in [-0.2, -0.15) is 0 Å². The quantitative estimate of drug-likeness (QED) is 0.850. The number of hydrogen-bond acceptors (Lipinski definition) is 6. The Morgan fingerprint density at radius 3 is 3.17 bits per heavy atom. The van der Waals surface area contributed by atoms with E-state index in [1.807, 2.05) is 18.3 Å². The third kappa shape index (κ3) is 4.90. The summed E-state index contributed by atoms with van der Waals surface area (Å²) in [4.78, 5) is 22.8.